The van der Waals surface area contributed by atoms with Crippen LogP contribution in [0.1, 0.15) is 18.4 Å². The molecule has 0 saturated heterocycles. The summed E-state index contributed by atoms with van der Waals surface area (Å²) in [5, 5.41) is 17.1. The van der Waals surface area contributed by atoms with Crippen LogP contribution in [0.4, 0.5) is 0 Å². The smallest absolute Gasteiger partial charge is 0.102 e. The maximum absolute atomic E-state index is 8.77. The van der Waals surface area contributed by atoms with Gasteiger partial charge in [-0.15, -0.1) is 11.8 Å². The van der Waals surface area contributed by atoms with E-state index >= 15 is 0 Å². The molecule has 0 aliphatic carbocycles. The summed E-state index contributed by atoms with van der Waals surface area (Å²) in [6.45, 7) is 0. The van der Waals surface area contributed by atoms with Crippen molar-refractivity contribution in [3.63, 3.8) is 0 Å². The maximum Gasteiger partial charge on any atom is 0.102 e. The molecule has 0 spiro atoms. The van der Waals surface area contributed by atoms with E-state index in [-0.39, 0.29) is 0 Å². The van der Waals surface area contributed by atoms with Crippen molar-refractivity contribution < 1.29 is 0 Å². The summed E-state index contributed by atoms with van der Waals surface area (Å²) in [5.74, 6) is 0.867. The maximum atomic E-state index is 8.77. The molecule has 0 aromatic carbocycles. The van der Waals surface area contributed by atoms with Crippen LogP contribution in [-0.4, -0.2) is 10.7 Å². The quantitative estimate of drug-likeness (QED) is 0.556. The predicted molar refractivity (Wildman–Crippen MR) is 54.5 cm³/mol. The van der Waals surface area contributed by atoms with E-state index in [1.165, 1.54) is 0 Å². The van der Waals surface area contributed by atoms with Gasteiger partial charge in [-0.05, 0) is 18.2 Å². The topological polar surface area (TPSA) is 60.5 Å². The van der Waals surface area contributed by atoms with Gasteiger partial charge in [0.25, 0.3) is 0 Å². The van der Waals surface area contributed by atoms with Crippen LogP contribution in [0, 0.1) is 22.7 Å². The van der Waals surface area contributed by atoms with Crippen LogP contribution in [0.5, 0.6) is 0 Å². The van der Waals surface area contributed by atoms with Gasteiger partial charge in [0.05, 0.1) is 11.6 Å². The minimum atomic E-state index is 0.569. The first-order valence-electron chi connectivity index (χ1n) is 4.22. The van der Waals surface area contributed by atoms with Crippen molar-refractivity contribution >= 4 is 11.8 Å². The van der Waals surface area contributed by atoms with Gasteiger partial charge in [-0.2, -0.15) is 10.5 Å². The lowest BCUT2D eigenvalue weighted by Crippen LogP contribution is -1.85. The zero-order valence-corrected chi connectivity index (χ0v) is 8.42. The summed E-state index contributed by atoms with van der Waals surface area (Å²) < 4.78 is 0. The number of hydrogen-bond donors (Lipinski definition) is 0. The average molecular weight is 203 g/mol. The van der Waals surface area contributed by atoms with Crippen molar-refractivity contribution in [3.05, 3.63) is 24.0 Å². The molecule has 3 nitrogen and oxygen atoms in total. The van der Waals surface area contributed by atoms with Crippen LogP contribution in [0.15, 0.2) is 23.4 Å². The summed E-state index contributed by atoms with van der Waals surface area (Å²) in [7, 11) is 0. The number of rotatable bonds is 4. The van der Waals surface area contributed by atoms with E-state index in [2.05, 4.69) is 17.1 Å². The fraction of sp³-hybridized carbons (Fsp3) is 0.300. The van der Waals surface area contributed by atoms with Crippen LogP contribution < -0.4 is 0 Å². The monoisotopic (exact) mass is 203 g/mol. The van der Waals surface area contributed by atoms with Gasteiger partial charge in [0.2, 0.25) is 0 Å². The molecule has 1 rings (SSSR count). The van der Waals surface area contributed by atoms with E-state index in [4.69, 9.17) is 10.5 Å². The molecular weight excluding hydrogens is 194 g/mol. The van der Waals surface area contributed by atoms with Crippen LogP contribution >= 0.6 is 11.8 Å². The van der Waals surface area contributed by atoms with Crippen LogP contribution in [0.2, 0.25) is 0 Å². The van der Waals surface area contributed by atoms with Crippen LogP contribution in [0.3, 0.4) is 0 Å². The molecule has 0 saturated carbocycles. The van der Waals surface area contributed by atoms with E-state index in [9.17, 15) is 0 Å². The van der Waals surface area contributed by atoms with E-state index in [0.29, 0.717) is 12.0 Å². The van der Waals surface area contributed by atoms with Gasteiger partial charge in [0.15, 0.2) is 0 Å². The number of nitriles is 2. The molecule has 0 aliphatic heterocycles. The van der Waals surface area contributed by atoms with Gasteiger partial charge in [0.1, 0.15) is 6.07 Å². The molecule has 0 aliphatic rings. The van der Waals surface area contributed by atoms with Crippen LogP contribution in [-0.2, 0) is 0 Å². The molecule has 1 heterocycles. The third-order valence-electron chi connectivity index (χ3n) is 1.59. The van der Waals surface area contributed by atoms with Gasteiger partial charge in [-0.3, -0.25) is 4.98 Å². The molecule has 0 bridgehead atoms. The highest BCUT2D eigenvalue weighted by atomic mass is 32.2. The third-order valence-corrected chi connectivity index (χ3v) is 2.75. The van der Waals surface area contributed by atoms with Crippen molar-refractivity contribution in [3.8, 4) is 12.1 Å². The van der Waals surface area contributed by atoms with Crippen molar-refractivity contribution in [1.29, 1.82) is 10.5 Å². The first kappa shape index (κ1) is 10.6. The lowest BCUT2D eigenvalue weighted by molar-refractivity contribution is 0.980. The van der Waals surface area contributed by atoms with Gasteiger partial charge in [-0.1, -0.05) is 0 Å². The fourth-order valence-electron chi connectivity index (χ4n) is 0.925. The van der Waals surface area contributed by atoms with Crippen molar-refractivity contribution in [1.82, 2.24) is 4.98 Å². The standard InChI is InChI=1S/C10H9N3S/c11-4-1-2-6-14-10-3-5-13-8-9(10)7-12/h3,5,8H,1-2,6H2. The molecule has 0 radical (unpaired) electrons. The molecule has 1 aromatic heterocycles. The highest BCUT2D eigenvalue weighted by molar-refractivity contribution is 7.99. The Bertz CT molecular complexity index is 376. The Kier molecular flexibility index (Phi) is 4.54. The lowest BCUT2D eigenvalue weighted by atomic mass is 10.3. The SMILES string of the molecule is N#CCCCSc1ccncc1C#N. The van der Waals surface area contributed by atoms with Gasteiger partial charge in [-0.25, -0.2) is 0 Å². The molecule has 0 amide bonds. The first-order valence-corrected chi connectivity index (χ1v) is 5.21. The first-order chi connectivity index (χ1) is 6.88. The fourth-order valence-corrected chi connectivity index (χ4v) is 1.84. The second-order valence-electron chi connectivity index (χ2n) is 2.59. The summed E-state index contributed by atoms with van der Waals surface area (Å²) in [6, 6.07) is 6.01. The molecule has 70 valence electrons. The Balaban J connectivity index is 2.51. The molecule has 0 N–H and O–H groups in total. The minimum Gasteiger partial charge on any atom is -0.263 e. The highest BCUT2D eigenvalue weighted by Gasteiger charge is 2.00. The predicted octanol–water partition coefficient (Wildman–Crippen LogP) is 2.35. The number of thioether (sulfide) groups is 1. The molecule has 0 unspecified atom stereocenters. The molecule has 14 heavy (non-hydrogen) atoms. The normalized spacial score (nSPS) is 9.00. The van der Waals surface area contributed by atoms with E-state index in [1.807, 2.05) is 6.07 Å². The third kappa shape index (κ3) is 3.08. The molecule has 4 heteroatoms. The van der Waals surface area contributed by atoms with Crippen molar-refractivity contribution in [2.45, 2.75) is 17.7 Å². The zero-order valence-electron chi connectivity index (χ0n) is 7.60. The number of nitrogens with zero attached hydrogens (tertiary/aromatic N) is 3. The number of hydrogen-bond acceptors (Lipinski definition) is 4. The number of aromatic nitrogens is 1. The summed E-state index contributed by atoms with van der Waals surface area (Å²) in [6.07, 6.45) is 4.66. The van der Waals surface area contributed by atoms with Gasteiger partial charge >= 0.3 is 0 Å². The minimum absolute atomic E-state index is 0.569. The summed E-state index contributed by atoms with van der Waals surface area (Å²) in [5.41, 5.74) is 0.606. The van der Waals surface area contributed by atoms with E-state index in [0.717, 1.165) is 17.1 Å². The van der Waals surface area contributed by atoms with Gasteiger partial charge < -0.3 is 0 Å². The second-order valence-corrected chi connectivity index (χ2v) is 3.73. The Hall–Kier alpha value is -1.52. The largest absolute Gasteiger partial charge is 0.263 e. The molecular formula is C10H9N3S. The van der Waals surface area contributed by atoms with Crippen molar-refractivity contribution in [2.24, 2.45) is 0 Å². The molecule has 1 aromatic rings. The van der Waals surface area contributed by atoms with Crippen LogP contribution in [0.25, 0.3) is 0 Å². The Morgan fingerprint density at radius 1 is 1.43 bits per heavy atom. The second kappa shape index (κ2) is 6.01. The molecule has 0 atom stereocenters. The number of unbranched alkanes of at least 4 members (excludes halogenated alkanes) is 1. The zero-order chi connectivity index (χ0) is 10.2. The Labute approximate surface area is 87.4 Å². The molecule has 0 fully saturated rings. The van der Waals surface area contributed by atoms with Crippen molar-refractivity contribution in [2.75, 3.05) is 5.75 Å². The van der Waals surface area contributed by atoms with E-state index in [1.54, 1.807) is 24.2 Å². The van der Waals surface area contributed by atoms with Gasteiger partial charge in [0, 0.05) is 23.7 Å². The number of pyridine rings is 1. The summed E-state index contributed by atoms with van der Waals surface area (Å²) in [4.78, 5) is 4.82. The average Bonchev–Trinajstić information content (AvgIpc) is 2.25. The van der Waals surface area contributed by atoms with E-state index < -0.39 is 0 Å². The Morgan fingerprint density at radius 2 is 2.29 bits per heavy atom. The lowest BCUT2D eigenvalue weighted by Gasteiger charge is -2.00. The summed E-state index contributed by atoms with van der Waals surface area (Å²) >= 11 is 1.60. The Morgan fingerprint density at radius 3 is 3.00 bits per heavy atom. The highest BCUT2D eigenvalue weighted by Crippen LogP contribution is 2.21.